The van der Waals surface area contributed by atoms with Gasteiger partial charge in [0.05, 0.1) is 10.6 Å². The largest absolute Gasteiger partial charge is 0.364 e. The van der Waals surface area contributed by atoms with Crippen molar-refractivity contribution in [3.8, 4) is 22.3 Å². The van der Waals surface area contributed by atoms with Gasteiger partial charge >= 0.3 is 0 Å². The predicted molar refractivity (Wildman–Crippen MR) is 242 cm³/mol. The number of sulfonamides is 2. The number of nitrogens with zero attached hydrogens (tertiary/aromatic N) is 6. The molecule has 0 bridgehead atoms. The SMILES string of the molecule is CNS(=O)(=O)Cc1cccc(Nc2ncc3cc(-c4ccccc4Br)c(C(N)=O)nc3n2)c1.NS(=O)(=O)c1ccc(Nc2ncc3cc(-c4ccccc4Br)cnc3n2)cc1. The molecule has 0 aliphatic heterocycles. The molecule has 308 valence electrons. The molecule has 0 spiro atoms. The highest BCUT2D eigenvalue weighted by atomic mass is 79.9. The van der Waals surface area contributed by atoms with Crippen LogP contribution < -0.4 is 26.2 Å². The van der Waals surface area contributed by atoms with Crippen LogP contribution in [-0.2, 0) is 25.8 Å². The fourth-order valence-corrected chi connectivity index (χ4v) is 8.23. The Labute approximate surface area is 366 Å². The molecule has 0 atom stereocenters. The Morgan fingerprint density at radius 1 is 0.639 bits per heavy atom. The van der Waals surface area contributed by atoms with Crippen molar-refractivity contribution in [3.05, 3.63) is 148 Å². The van der Waals surface area contributed by atoms with Crippen molar-refractivity contribution < 1.29 is 21.6 Å². The van der Waals surface area contributed by atoms with Gasteiger partial charge in [-0.25, -0.2) is 46.6 Å². The first-order valence-corrected chi connectivity index (χ1v) is 22.7. The highest BCUT2D eigenvalue weighted by molar-refractivity contribution is 9.11. The number of benzene rings is 4. The molecule has 0 saturated heterocycles. The molecule has 8 aromatic rings. The van der Waals surface area contributed by atoms with E-state index in [9.17, 15) is 21.6 Å². The average Bonchev–Trinajstić information content (AvgIpc) is 3.23. The molecule has 1 amide bonds. The van der Waals surface area contributed by atoms with Crippen LogP contribution in [0.3, 0.4) is 0 Å². The van der Waals surface area contributed by atoms with Crippen molar-refractivity contribution in [2.75, 3.05) is 17.7 Å². The molecular weight excluding hydrogens is 950 g/mol. The summed E-state index contributed by atoms with van der Waals surface area (Å²) in [5.41, 5.74) is 11.7. The third kappa shape index (κ3) is 10.5. The number of hydrogen-bond donors (Lipinski definition) is 5. The molecular formula is C41H33Br2N11O5S2. The van der Waals surface area contributed by atoms with Crippen LogP contribution in [0.5, 0.6) is 0 Å². The van der Waals surface area contributed by atoms with Gasteiger partial charge in [0, 0.05) is 60.8 Å². The molecule has 0 unspecified atom stereocenters. The van der Waals surface area contributed by atoms with Crippen molar-refractivity contribution in [1.82, 2.24) is 34.6 Å². The second kappa shape index (κ2) is 18.1. The number of hydrogen-bond acceptors (Lipinski definition) is 13. The van der Waals surface area contributed by atoms with Gasteiger partial charge in [-0.3, -0.25) is 4.79 Å². The third-order valence-electron chi connectivity index (χ3n) is 8.87. The van der Waals surface area contributed by atoms with Crippen LogP contribution >= 0.6 is 31.9 Å². The van der Waals surface area contributed by atoms with E-state index in [1.165, 1.54) is 19.2 Å². The molecule has 0 aliphatic rings. The number of pyridine rings is 2. The Balaban J connectivity index is 0.000000186. The Hall–Kier alpha value is -6.29. The number of nitrogens with one attached hydrogen (secondary N) is 3. The summed E-state index contributed by atoms with van der Waals surface area (Å²) in [6, 6.07) is 32.0. The van der Waals surface area contributed by atoms with Crippen LogP contribution in [0.2, 0.25) is 0 Å². The lowest BCUT2D eigenvalue weighted by atomic mass is 10.0. The van der Waals surface area contributed by atoms with Crippen molar-refractivity contribution in [2.24, 2.45) is 10.9 Å². The summed E-state index contributed by atoms with van der Waals surface area (Å²) < 4.78 is 50.4. The van der Waals surface area contributed by atoms with Crippen LogP contribution in [0.15, 0.2) is 142 Å². The molecule has 61 heavy (non-hydrogen) atoms. The van der Waals surface area contributed by atoms with Crippen LogP contribution in [0.25, 0.3) is 44.3 Å². The first-order valence-electron chi connectivity index (χ1n) is 17.9. The molecule has 4 heterocycles. The zero-order chi connectivity index (χ0) is 43.3. The summed E-state index contributed by atoms with van der Waals surface area (Å²) in [6.45, 7) is 0. The topological polar surface area (TPSA) is 251 Å². The van der Waals surface area contributed by atoms with Crippen molar-refractivity contribution in [1.29, 1.82) is 0 Å². The number of carbonyl (C=O) groups is 1. The number of halogens is 2. The number of rotatable bonds is 11. The first kappa shape index (κ1) is 42.8. The first-order chi connectivity index (χ1) is 29.2. The van der Waals surface area contributed by atoms with Crippen LogP contribution in [-0.4, -0.2) is 59.7 Å². The fourth-order valence-electron chi connectivity index (χ4n) is 5.94. The minimum atomic E-state index is -3.72. The quantitative estimate of drug-likeness (QED) is 0.0862. The van der Waals surface area contributed by atoms with Gasteiger partial charge in [0.2, 0.25) is 31.9 Å². The lowest BCUT2D eigenvalue weighted by Crippen LogP contribution is -2.20. The van der Waals surface area contributed by atoms with E-state index in [2.05, 4.69) is 77.1 Å². The van der Waals surface area contributed by atoms with E-state index in [0.29, 0.717) is 45.1 Å². The lowest BCUT2D eigenvalue weighted by Gasteiger charge is -2.11. The third-order valence-corrected chi connectivity index (χ3v) is 12.5. The summed E-state index contributed by atoms with van der Waals surface area (Å²) in [4.78, 5) is 38.5. The van der Waals surface area contributed by atoms with E-state index in [-0.39, 0.29) is 22.3 Å². The average molecular weight is 984 g/mol. The highest BCUT2D eigenvalue weighted by Crippen LogP contribution is 2.33. The normalized spacial score (nSPS) is 11.5. The molecule has 0 aliphatic carbocycles. The van der Waals surface area contributed by atoms with Crippen LogP contribution in [0, 0.1) is 0 Å². The predicted octanol–water partition coefficient (Wildman–Crippen LogP) is 7.19. The molecule has 4 aromatic heterocycles. The van der Waals surface area contributed by atoms with E-state index in [1.807, 2.05) is 54.6 Å². The van der Waals surface area contributed by atoms with Crippen LogP contribution in [0.1, 0.15) is 16.1 Å². The zero-order valence-corrected chi connectivity index (χ0v) is 36.6. The molecule has 16 nitrogen and oxygen atoms in total. The van der Waals surface area contributed by atoms with Gasteiger partial charge in [-0.2, -0.15) is 9.97 Å². The van der Waals surface area contributed by atoms with Gasteiger partial charge < -0.3 is 16.4 Å². The highest BCUT2D eigenvalue weighted by Gasteiger charge is 2.17. The van der Waals surface area contributed by atoms with E-state index in [1.54, 1.807) is 61.1 Å². The Morgan fingerprint density at radius 2 is 1.25 bits per heavy atom. The molecule has 20 heteroatoms. The molecule has 4 aromatic carbocycles. The maximum absolute atomic E-state index is 12.1. The Bertz CT molecular complexity index is 3180. The zero-order valence-electron chi connectivity index (χ0n) is 31.8. The second-order valence-electron chi connectivity index (χ2n) is 13.1. The number of primary sulfonamides is 1. The summed E-state index contributed by atoms with van der Waals surface area (Å²) in [5, 5.41) is 12.6. The van der Waals surface area contributed by atoms with E-state index < -0.39 is 26.0 Å². The summed E-state index contributed by atoms with van der Waals surface area (Å²) in [7, 11) is -5.75. The number of aromatic nitrogens is 6. The number of fused-ring (bicyclic) bond motifs is 2. The smallest absolute Gasteiger partial charge is 0.268 e. The second-order valence-corrected chi connectivity index (χ2v) is 18.3. The van der Waals surface area contributed by atoms with E-state index in [4.69, 9.17) is 10.9 Å². The monoisotopic (exact) mass is 981 g/mol. The number of amides is 1. The molecule has 7 N–H and O–H groups in total. The molecule has 0 fully saturated rings. The standard InChI is InChI=1S/C22H19BrN6O3S.C19H14BrN5O2S/c1-25-33(31,32)12-13-5-4-6-15(9-13)27-22-26-11-14-10-17(16-7-2-3-8-18(16)23)19(20(24)30)28-21(14)29-22;20-17-4-2-1-3-16(17)12-9-13-11-23-19(25-18(13)22-10-12)24-14-5-7-15(8-6-14)28(21,26)27/h2-11,25H,12H2,1H3,(H2,24,30)(H,26,27,28,29);1-11H,(H2,21,26,27)(H,22,23,24,25). The summed E-state index contributed by atoms with van der Waals surface area (Å²) >= 11 is 7.04. The van der Waals surface area contributed by atoms with Gasteiger partial charge in [0.25, 0.3) is 5.91 Å². The number of carbonyl (C=O) groups excluding carboxylic acids is 1. The summed E-state index contributed by atoms with van der Waals surface area (Å²) in [5.74, 6) is -0.224. The summed E-state index contributed by atoms with van der Waals surface area (Å²) in [6.07, 6.45) is 5.05. The van der Waals surface area contributed by atoms with Gasteiger partial charge in [-0.05, 0) is 84.4 Å². The maximum atomic E-state index is 12.1. The number of nitrogens with two attached hydrogens (primary N) is 2. The lowest BCUT2D eigenvalue weighted by molar-refractivity contribution is 0.0996. The minimum absolute atomic E-state index is 0.0405. The minimum Gasteiger partial charge on any atom is -0.364 e. The van der Waals surface area contributed by atoms with Crippen molar-refractivity contribution >= 4 is 103 Å². The van der Waals surface area contributed by atoms with Gasteiger partial charge in [-0.1, -0.05) is 80.4 Å². The fraction of sp³-hybridized carbons (Fsp3) is 0.0488. The van der Waals surface area contributed by atoms with E-state index in [0.717, 1.165) is 31.0 Å². The molecule has 0 radical (unpaired) electrons. The molecule has 8 rings (SSSR count). The van der Waals surface area contributed by atoms with Crippen molar-refractivity contribution in [3.63, 3.8) is 0 Å². The maximum Gasteiger partial charge on any atom is 0.268 e. The van der Waals surface area contributed by atoms with Crippen molar-refractivity contribution in [2.45, 2.75) is 10.6 Å². The van der Waals surface area contributed by atoms with Crippen LogP contribution in [0.4, 0.5) is 23.3 Å². The Kier molecular flexibility index (Phi) is 12.7. The number of primary amides is 1. The van der Waals surface area contributed by atoms with Gasteiger partial charge in [-0.15, -0.1) is 0 Å². The molecule has 0 saturated carbocycles. The van der Waals surface area contributed by atoms with E-state index >= 15 is 0 Å². The number of anilines is 4. The van der Waals surface area contributed by atoms with Gasteiger partial charge in [0.1, 0.15) is 5.69 Å². The Morgan fingerprint density at radius 3 is 1.87 bits per heavy atom. The van der Waals surface area contributed by atoms with Gasteiger partial charge in [0.15, 0.2) is 11.3 Å².